The minimum atomic E-state index is -6.15. The Balaban J connectivity index is 1.76. The number of nitrogens with zero attached hydrogens (tertiary/aromatic N) is 1. The molecule has 3 N–H and O–H groups in total. The number of anilines is 1. The third-order valence-corrected chi connectivity index (χ3v) is 9.19. The van der Waals surface area contributed by atoms with E-state index in [2.05, 4.69) is 10.6 Å². The SMILES string of the molecule is O=C(CC1CCc2cc(C(O)(C(F)(F)F)C(F)(F)F)ccc2N1S(=O)(=O)c1ccc(F)cc1)N[C@H]1CNC[C@H]1CF. The van der Waals surface area contributed by atoms with Crippen LogP contribution in [0.25, 0.3) is 0 Å². The van der Waals surface area contributed by atoms with E-state index in [1.807, 2.05) is 0 Å². The average molecular weight is 616 g/mol. The van der Waals surface area contributed by atoms with Gasteiger partial charge in [-0.05, 0) is 48.7 Å². The minimum absolute atomic E-state index is 0.198. The number of sulfonamides is 1. The third kappa shape index (κ3) is 5.73. The second-order valence-corrected chi connectivity index (χ2v) is 11.8. The largest absolute Gasteiger partial charge is 0.430 e. The van der Waals surface area contributed by atoms with Gasteiger partial charge >= 0.3 is 12.4 Å². The first kappa shape index (κ1) is 31.0. The predicted octanol–water partition coefficient (Wildman–Crippen LogP) is 3.71. The third-order valence-electron chi connectivity index (χ3n) is 7.31. The highest BCUT2D eigenvalue weighted by atomic mass is 32.2. The molecule has 0 aromatic heterocycles. The molecule has 0 radical (unpaired) electrons. The van der Waals surface area contributed by atoms with E-state index in [1.165, 1.54) is 0 Å². The highest BCUT2D eigenvalue weighted by Crippen LogP contribution is 2.51. The van der Waals surface area contributed by atoms with Crippen molar-refractivity contribution < 1.29 is 53.4 Å². The maximum absolute atomic E-state index is 13.7. The summed E-state index contributed by atoms with van der Waals surface area (Å²) in [5.41, 5.74) is -7.35. The lowest BCUT2D eigenvalue weighted by molar-refractivity contribution is -0.376. The van der Waals surface area contributed by atoms with Crippen molar-refractivity contribution in [2.24, 2.45) is 5.92 Å². The molecule has 41 heavy (non-hydrogen) atoms. The Labute approximate surface area is 229 Å². The number of aliphatic hydroxyl groups is 1. The van der Waals surface area contributed by atoms with Gasteiger partial charge in [0, 0.05) is 37.0 Å². The number of amides is 1. The maximum Gasteiger partial charge on any atom is 0.430 e. The first-order valence-electron chi connectivity index (χ1n) is 12.4. The van der Waals surface area contributed by atoms with E-state index in [9.17, 15) is 53.4 Å². The number of fused-ring (bicyclic) bond motifs is 1. The molecule has 16 heteroatoms. The lowest BCUT2D eigenvalue weighted by Gasteiger charge is -2.39. The lowest BCUT2D eigenvalue weighted by Crippen LogP contribution is -2.54. The van der Waals surface area contributed by atoms with E-state index < -0.39 is 81.3 Å². The Morgan fingerprint density at radius 3 is 2.24 bits per heavy atom. The zero-order valence-corrected chi connectivity index (χ0v) is 21.9. The van der Waals surface area contributed by atoms with E-state index in [0.717, 1.165) is 24.3 Å². The van der Waals surface area contributed by atoms with Crippen molar-refractivity contribution in [1.29, 1.82) is 0 Å². The molecular formula is C25H25F8N3O4S. The van der Waals surface area contributed by atoms with Gasteiger partial charge in [-0.3, -0.25) is 13.5 Å². The summed E-state index contributed by atoms with van der Waals surface area (Å²) in [5, 5.41) is 15.4. The van der Waals surface area contributed by atoms with E-state index in [-0.39, 0.29) is 30.6 Å². The second kappa shape index (κ2) is 11.0. The molecule has 2 aromatic carbocycles. The van der Waals surface area contributed by atoms with Gasteiger partial charge in [0.2, 0.25) is 5.91 Å². The van der Waals surface area contributed by atoms with Crippen molar-refractivity contribution in [1.82, 2.24) is 10.6 Å². The van der Waals surface area contributed by atoms with Crippen LogP contribution in [0, 0.1) is 11.7 Å². The summed E-state index contributed by atoms with van der Waals surface area (Å²) in [6.45, 7) is -0.131. The van der Waals surface area contributed by atoms with Crippen LogP contribution in [0.5, 0.6) is 0 Å². The number of nitrogens with one attached hydrogen (secondary N) is 2. The molecule has 1 unspecified atom stereocenters. The monoisotopic (exact) mass is 615 g/mol. The summed E-state index contributed by atoms with van der Waals surface area (Å²) in [5.74, 6) is -1.93. The van der Waals surface area contributed by atoms with Crippen molar-refractivity contribution >= 4 is 21.6 Å². The number of hydrogen-bond acceptors (Lipinski definition) is 5. The molecule has 2 aromatic rings. The van der Waals surface area contributed by atoms with Crippen molar-refractivity contribution in [3.63, 3.8) is 0 Å². The fourth-order valence-electron chi connectivity index (χ4n) is 5.12. The first-order chi connectivity index (χ1) is 19.0. The smallest absolute Gasteiger partial charge is 0.369 e. The highest BCUT2D eigenvalue weighted by Gasteiger charge is 2.71. The van der Waals surface area contributed by atoms with Crippen molar-refractivity contribution in [3.05, 3.63) is 59.4 Å². The van der Waals surface area contributed by atoms with Gasteiger partial charge in [-0.15, -0.1) is 0 Å². The van der Waals surface area contributed by atoms with Crippen LogP contribution in [0.3, 0.4) is 0 Å². The van der Waals surface area contributed by atoms with Gasteiger partial charge in [-0.2, -0.15) is 26.3 Å². The molecule has 1 saturated heterocycles. The molecule has 1 amide bonds. The summed E-state index contributed by atoms with van der Waals surface area (Å²) in [6.07, 6.45) is -13.2. The molecule has 2 aliphatic heterocycles. The summed E-state index contributed by atoms with van der Waals surface area (Å²) >= 11 is 0. The van der Waals surface area contributed by atoms with E-state index >= 15 is 0 Å². The molecule has 226 valence electrons. The number of benzene rings is 2. The van der Waals surface area contributed by atoms with E-state index in [1.54, 1.807) is 0 Å². The zero-order chi connectivity index (χ0) is 30.4. The molecule has 0 spiro atoms. The lowest BCUT2D eigenvalue weighted by atomic mass is 9.87. The summed E-state index contributed by atoms with van der Waals surface area (Å²) in [6, 6.07) is 3.29. The van der Waals surface area contributed by atoms with Gasteiger partial charge in [-0.25, -0.2) is 12.8 Å². The van der Waals surface area contributed by atoms with E-state index in [0.29, 0.717) is 29.0 Å². The molecule has 0 saturated carbocycles. The molecular weight excluding hydrogens is 590 g/mol. The maximum atomic E-state index is 13.7. The topological polar surface area (TPSA) is 98.7 Å². The van der Waals surface area contributed by atoms with Gasteiger partial charge in [0.15, 0.2) is 0 Å². The Morgan fingerprint density at radius 1 is 1.02 bits per heavy atom. The quantitative estimate of drug-likeness (QED) is 0.413. The zero-order valence-electron chi connectivity index (χ0n) is 21.1. The Hall–Kier alpha value is -2.98. The summed E-state index contributed by atoms with van der Waals surface area (Å²) in [4.78, 5) is 12.4. The Morgan fingerprint density at radius 2 is 1.66 bits per heavy atom. The predicted molar refractivity (Wildman–Crippen MR) is 130 cm³/mol. The second-order valence-electron chi connectivity index (χ2n) is 9.95. The van der Waals surface area contributed by atoms with Gasteiger partial charge in [-0.1, -0.05) is 12.1 Å². The van der Waals surface area contributed by atoms with E-state index in [4.69, 9.17) is 0 Å². The standard InChI is InChI=1S/C25H25F8N3O4S/c26-11-15-12-34-13-20(15)35-22(37)10-18-5-1-14-9-16(23(38,24(28,29)30)25(31,32)33)2-8-21(14)36(18)41(39,40)19-6-3-17(27)4-7-19/h2-4,6-9,15,18,20,34,38H,1,5,10-13H2,(H,35,37)/t15-,18?,20+/m1/s1. The Bertz CT molecular complexity index is 1370. The van der Waals surface area contributed by atoms with Crippen LogP contribution < -0.4 is 14.9 Å². The normalized spacial score (nSPS) is 22.0. The van der Waals surface area contributed by atoms with Gasteiger partial charge in [0.1, 0.15) is 5.82 Å². The van der Waals surface area contributed by atoms with Gasteiger partial charge in [0.05, 0.1) is 23.3 Å². The molecule has 0 aliphatic carbocycles. The molecule has 3 atom stereocenters. The first-order valence-corrected chi connectivity index (χ1v) is 13.8. The molecule has 2 aliphatic rings. The van der Waals surface area contributed by atoms with Crippen molar-refractivity contribution in [2.45, 2.75) is 54.2 Å². The fourth-order valence-corrected chi connectivity index (χ4v) is 6.84. The number of halogens is 8. The number of hydrogen-bond donors (Lipinski definition) is 3. The van der Waals surface area contributed by atoms with Gasteiger partial charge in [0.25, 0.3) is 15.6 Å². The van der Waals surface area contributed by atoms with Crippen LogP contribution in [0.4, 0.5) is 40.8 Å². The minimum Gasteiger partial charge on any atom is -0.369 e. The number of carbonyl (C=O) groups is 1. The molecule has 2 heterocycles. The van der Waals surface area contributed by atoms with Crippen molar-refractivity contribution in [3.8, 4) is 0 Å². The average Bonchev–Trinajstić information content (AvgIpc) is 3.33. The van der Waals surface area contributed by atoms with Crippen LogP contribution in [0.15, 0.2) is 47.4 Å². The van der Waals surface area contributed by atoms with Crippen molar-refractivity contribution in [2.75, 3.05) is 24.1 Å². The van der Waals surface area contributed by atoms with Crippen LogP contribution in [0.2, 0.25) is 0 Å². The highest BCUT2D eigenvalue weighted by molar-refractivity contribution is 7.92. The number of aryl methyl sites for hydroxylation is 1. The number of alkyl halides is 7. The number of carbonyl (C=O) groups excluding carboxylic acids is 1. The summed E-state index contributed by atoms with van der Waals surface area (Å²) < 4.78 is 136. The molecule has 7 nitrogen and oxygen atoms in total. The van der Waals surface area contributed by atoms with Crippen LogP contribution in [-0.4, -0.2) is 63.6 Å². The van der Waals surface area contributed by atoms with Gasteiger partial charge < -0.3 is 15.7 Å². The van der Waals surface area contributed by atoms with Crippen LogP contribution >= 0.6 is 0 Å². The number of rotatable bonds is 7. The fraction of sp³-hybridized carbons (Fsp3) is 0.480. The van der Waals surface area contributed by atoms with Crippen LogP contribution in [-0.2, 0) is 26.8 Å². The Kier molecular flexibility index (Phi) is 8.32. The molecule has 1 fully saturated rings. The summed E-state index contributed by atoms with van der Waals surface area (Å²) in [7, 11) is -4.63. The van der Waals surface area contributed by atoms with Crippen LogP contribution in [0.1, 0.15) is 24.0 Å². The molecule has 0 bridgehead atoms. The molecule has 4 rings (SSSR count).